The maximum absolute atomic E-state index is 14.2. The lowest BCUT2D eigenvalue weighted by molar-refractivity contribution is -0.318. The minimum atomic E-state index is -1.98. The first-order chi connectivity index (χ1) is 25.5. The second-order valence-electron chi connectivity index (χ2n) is 17.1. The molecule has 0 aliphatic carbocycles. The lowest BCUT2D eigenvalue weighted by atomic mass is 9.73. The molecule has 15 nitrogen and oxygen atoms in total. The Morgan fingerprint density at radius 2 is 1.62 bits per heavy atom. The summed E-state index contributed by atoms with van der Waals surface area (Å²) in [6, 6.07) is -0.398. The molecule has 0 spiro atoms. The van der Waals surface area contributed by atoms with Crippen molar-refractivity contribution in [3.63, 3.8) is 0 Å². The Labute approximate surface area is 327 Å². The molecule has 15 heteroatoms. The third-order valence-electron chi connectivity index (χ3n) is 12.5. The number of oxime groups is 1. The third-order valence-corrected chi connectivity index (χ3v) is 12.5. The van der Waals surface area contributed by atoms with Gasteiger partial charge in [-0.2, -0.15) is 0 Å². The molecule has 318 valence electrons. The highest BCUT2D eigenvalue weighted by atomic mass is 16.7. The van der Waals surface area contributed by atoms with Crippen LogP contribution in [-0.2, 0) is 33.2 Å². The van der Waals surface area contributed by atoms with E-state index in [0.29, 0.717) is 19.4 Å². The second kappa shape index (κ2) is 19.2. The number of rotatable bonds is 9. The first kappa shape index (κ1) is 47.4. The van der Waals surface area contributed by atoms with Crippen LogP contribution in [0.3, 0.4) is 0 Å². The quantitative estimate of drug-likeness (QED) is 0.0859. The van der Waals surface area contributed by atoms with Gasteiger partial charge in [0.1, 0.15) is 23.9 Å². The summed E-state index contributed by atoms with van der Waals surface area (Å²) in [5.41, 5.74) is -4.75. The monoisotopic (exact) mass is 786 g/mol. The van der Waals surface area contributed by atoms with Gasteiger partial charge in [0.15, 0.2) is 12.6 Å². The van der Waals surface area contributed by atoms with E-state index in [1.807, 2.05) is 18.9 Å². The predicted octanol–water partition coefficient (Wildman–Crippen LogP) is 2.44. The summed E-state index contributed by atoms with van der Waals surface area (Å²) in [5.74, 6) is -1.71. The van der Waals surface area contributed by atoms with Crippen molar-refractivity contribution in [2.75, 3.05) is 20.7 Å². The van der Waals surface area contributed by atoms with Gasteiger partial charge in [0, 0.05) is 50.3 Å². The molecule has 3 rings (SSSR count). The fraction of sp³-hybridized carbons (Fsp3) is 0.900. The summed E-state index contributed by atoms with van der Waals surface area (Å²) in [6.45, 7) is 17.1. The number of carbonyl (C=O) groups excluding carboxylic acids is 1. The first-order valence-electron chi connectivity index (χ1n) is 19.7. The van der Waals surface area contributed by atoms with Crippen LogP contribution in [0.4, 0.5) is 0 Å². The Kier molecular flexibility index (Phi) is 16.6. The van der Waals surface area contributed by atoms with Crippen molar-refractivity contribution < 1.29 is 64.0 Å². The topological polar surface area (TPSA) is 209 Å². The summed E-state index contributed by atoms with van der Waals surface area (Å²) in [6.07, 6.45) is -3.89. The van der Waals surface area contributed by atoms with Crippen molar-refractivity contribution >= 4 is 11.7 Å². The zero-order valence-electron chi connectivity index (χ0n) is 34.9. The Bertz CT molecular complexity index is 1320. The molecule has 3 fully saturated rings. The van der Waals surface area contributed by atoms with Crippen molar-refractivity contribution in [3.05, 3.63) is 0 Å². The fourth-order valence-electron chi connectivity index (χ4n) is 8.94. The Balaban J connectivity index is 2.21. The van der Waals surface area contributed by atoms with E-state index >= 15 is 0 Å². The Morgan fingerprint density at radius 3 is 2.18 bits per heavy atom. The van der Waals surface area contributed by atoms with Crippen LogP contribution in [0.1, 0.15) is 101 Å². The highest BCUT2D eigenvalue weighted by Gasteiger charge is 2.53. The zero-order chi connectivity index (χ0) is 41.8. The van der Waals surface area contributed by atoms with Gasteiger partial charge < -0.3 is 59.2 Å². The van der Waals surface area contributed by atoms with Crippen molar-refractivity contribution in [3.8, 4) is 12.3 Å². The van der Waals surface area contributed by atoms with Gasteiger partial charge in [0.25, 0.3) is 0 Å². The fourth-order valence-corrected chi connectivity index (χ4v) is 8.94. The van der Waals surface area contributed by atoms with Crippen LogP contribution < -0.4 is 0 Å². The lowest BCUT2D eigenvalue weighted by Crippen LogP contribution is -2.61. The summed E-state index contributed by atoms with van der Waals surface area (Å²) < 4.78 is 37.4. The molecule has 6 N–H and O–H groups in total. The molecule has 0 unspecified atom stereocenters. The van der Waals surface area contributed by atoms with Crippen LogP contribution in [0, 0.1) is 36.0 Å². The number of hydrogen-bond donors (Lipinski definition) is 6. The van der Waals surface area contributed by atoms with Crippen LogP contribution in [0.2, 0.25) is 0 Å². The summed E-state index contributed by atoms with van der Waals surface area (Å²) in [4.78, 5) is 16.2. The van der Waals surface area contributed by atoms with E-state index in [9.17, 15) is 35.5 Å². The second-order valence-corrected chi connectivity index (χ2v) is 17.1. The molecule has 0 radical (unpaired) electrons. The molecule has 3 saturated heterocycles. The zero-order valence-corrected chi connectivity index (χ0v) is 34.9. The van der Waals surface area contributed by atoms with E-state index in [0.717, 1.165) is 0 Å². The average Bonchev–Trinajstić information content (AvgIpc) is 3.12. The molecule has 3 heterocycles. The van der Waals surface area contributed by atoms with E-state index < -0.39 is 108 Å². The van der Waals surface area contributed by atoms with Gasteiger partial charge in [-0.3, -0.25) is 9.69 Å². The van der Waals surface area contributed by atoms with Gasteiger partial charge in [-0.25, -0.2) is 0 Å². The minimum Gasteiger partial charge on any atom is -0.459 e. The molecular weight excluding hydrogens is 716 g/mol. The van der Waals surface area contributed by atoms with Crippen LogP contribution in [0.15, 0.2) is 5.16 Å². The number of methoxy groups -OCH3 is 1. The highest BCUT2D eigenvalue weighted by Crippen LogP contribution is 2.41. The molecule has 0 bridgehead atoms. The highest BCUT2D eigenvalue weighted by molar-refractivity contribution is 5.88. The minimum absolute atomic E-state index is 0.0826. The number of ether oxygens (including phenoxy) is 6. The van der Waals surface area contributed by atoms with Crippen LogP contribution in [0.5, 0.6) is 0 Å². The van der Waals surface area contributed by atoms with E-state index in [-0.39, 0.29) is 31.1 Å². The molecule has 0 aromatic carbocycles. The average molecular weight is 787 g/mol. The largest absolute Gasteiger partial charge is 0.459 e. The van der Waals surface area contributed by atoms with Gasteiger partial charge in [0.2, 0.25) is 0 Å². The molecule has 0 saturated carbocycles. The van der Waals surface area contributed by atoms with Gasteiger partial charge in [-0.05, 0) is 67.9 Å². The molecular formula is C40H70N2O13. The molecule has 0 amide bonds. The van der Waals surface area contributed by atoms with Crippen LogP contribution in [0.25, 0.3) is 0 Å². The number of likely N-dealkylation sites (N-methyl/N-ethyl adjacent to an activating group) is 1. The number of terminal acetylenes is 1. The van der Waals surface area contributed by atoms with E-state index in [2.05, 4.69) is 11.1 Å². The molecule has 0 aromatic rings. The maximum Gasteiger partial charge on any atom is 0.311 e. The van der Waals surface area contributed by atoms with E-state index in [1.165, 1.54) is 14.0 Å². The first-order valence-corrected chi connectivity index (χ1v) is 19.7. The molecule has 18 atom stereocenters. The molecule has 3 aliphatic heterocycles. The maximum atomic E-state index is 14.2. The number of cyclic esters (lactones) is 1. The smallest absolute Gasteiger partial charge is 0.311 e. The summed E-state index contributed by atoms with van der Waals surface area (Å²) in [7, 11) is 3.34. The molecule has 0 aromatic heterocycles. The summed E-state index contributed by atoms with van der Waals surface area (Å²) >= 11 is 0. The standard InChI is InChI=1S/C40H70N2O13/c1-14-16-17-42(12)27-18-22(4)51-37(31(27)43)55-35-24(6)32(54-29-20-39(10,50-13)34(45)26(8)52-29)25(7)36(46)53-28(15-2)40(11,48)33(44)23(5)30(41-49)21(3)19-38(35,9)47/h1,21-29,31-35,37,43-45,47-49H,15-20H2,2-13H3/b41-30+/t21-,22-,23+,24+,25-,26+,27+,28-,29+,31-,32+,33-,34+,35-,37+,38-,39-,40-/m1/s1. The molecule has 55 heavy (non-hydrogen) atoms. The lowest BCUT2D eigenvalue weighted by Gasteiger charge is -2.49. The van der Waals surface area contributed by atoms with E-state index in [4.69, 9.17) is 34.8 Å². The molecule has 3 aliphatic rings. The number of carbonyl (C=O) groups is 1. The van der Waals surface area contributed by atoms with Gasteiger partial charge >= 0.3 is 5.97 Å². The number of hydrogen-bond acceptors (Lipinski definition) is 15. The van der Waals surface area contributed by atoms with Crippen molar-refractivity contribution in [1.29, 1.82) is 0 Å². The van der Waals surface area contributed by atoms with E-state index in [1.54, 1.807) is 55.4 Å². The van der Waals surface area contributed by atoms with Crippen LogP contribution >= 0.6 is 0 Å². The van der Waals surface area contributed by atoms with Crippen molar-refractivity contribution in [2.45, 2.75) is 186 Å². The van der Waals surface area contributed by atoms with Crippen molar-refractivity contribution in [2.24, 2.45) is 28.8 Å². The normalized spacial score (nSPS) is 47.5. The van der Waals surface area contributed by atoms with Crippen molar-refractivity contribution in [1.82, 2.24) is 4.90 Å². The Morgan fingerprint density at radius 1 is 0.982 bits per heavy atom. The number of aliphatic hydroxyl groups excluding tert-OH is 3. The van der Waals surface area contributed by atoms with Gasteiger partial charge in [-0.1, -0.05) is 32.9 Å². The third kappa shape index (κ3) is 10.6. The number of nitrogens with zero attached hydrogens (tertiary/aromatic N) is 2. The SMILES string of the molecule is C#CCCN(C)[C@H]1C[C@@H](C)O[C@@H](O[C@@H]2[C@@H](C)[C@H](O[C@H]3C[C@@](C)(OC)[C@@H](O)[C@H](C)O3)[C@@H](C)C(=O)O[C@H](CC)[C@@](C)(O)[C@H](O)[C@@H](C)/C(=N/O)[C@H](C)C[C@@]2(C)O)[C@@H]1O. The number of aliphatic hydroxyl groups is 5. The summed E-state index contributed by atoms with van der Waals surface area (Å²) in [5, 5.41) is 72.3. The Hall–Kier alpha value is -1.94. The predicted molar refractivity (Wildman–Crippen MR) is 203 cm³/mol. The van der Waals surface area contributed by atoms with Crippen LogP contribution in [-0.4, -0.2) is 152 Å². The van der Waals surface area contributed by atoms with Gasteiger partial charge in [-0.15, -0.1) is 12.3 Å². The van der Waals surface area contributed by atoms with Gasteiger partial charge in [0.05, 0.1) is 53.4 Å². The number of esters is 1.